The Bertz CT molecular complexity index is 647. The number of nitrogens with one attached hydrogen (secondary N) is 1. The van der Waals surface area contributed by atoms with E-state index in [0.29, 0.717) is 12.3 Å². The lowest BCUT2D eigenvalue weighted by atomic mass is 10.2. The fraction of sp³-hybridized carbons (Fsp3) is 0.200. The smallest absolute Gasteiger partial charge is 0.160 e. The summed E-state index contributed by atoms with van der Waals surface area (Å²) in [6.07, 6.45) is 0. The molecule has 2 aromatic carbocycles. The SMILES string of the molecule is COc1ccc(CNc2cc(OC)c(Br)cc2Br)cc1O. The molecule has 0 atom stereocenters. The van der Waals surface area contributed by atoms with Crippen molar-refractivity contribution in [1.29, 1.82) is 0 Å². The number of rotatable bonds is 5. The van der Waals surface area contributed by atoms with Gasteiger partial charge >= 0.3 is 0 Å². The van der Waals surface area contributed by atoms with Crippen molar-refractivity contribution < 1.29 is 14.6 Å². The van der Waals surface area contributed by atoms with Crippen LogP contribution in [0.3, 0.4) is 0 Å². The summed E-state index contributed by atoms with van der Waals surface area (Å²) >= 11 is 6.94. The lowest BCUT2D eigenvalue weighted by molar-refractivity contribution is 0.373. The van der Waals surface area contributed by atoms with Gasteiger partial charge in [0.2, 0.25) is 0 Å². The number of phenols is 1. The summed E-state index contributed by atoms with van der Waals surface area (Å²) in [6, 6.07) is 9.14. The fourth-order valence-corrected chi connectivity index (χ4v) is 3.16. The fourth-order valence-electron chi connectivity index (χ4n) is 1.86. The van der Waals surface area contributed by atoms with Crippen LogP contribution in [0.2, 0.25) is 0 Å². The molecular formula is C15H15Br2NO3. The largest absolute Gasteiger partial charge is 0.504 e. The first kappa shape index (κ1) is 16.0. The summed E-state index contributed by atoms with van der Waals surface area (Å²) in [7, 11) is 3.15. The molecule has 0 spiro atoms. The van der Waals surface area contributed by atoms with E-state index in [0.717, 1.165) is 25.9 Å². The average Bonchev–Trinajstić information content (AvgIpc) is 2.46. The van der Waals surface area contributed by atoms with Crippen molar-refractivity contribution in [1.82, 2.24) is 0 Å². The van der Waals surface area contributed by atoms with Crippen LogP contribution in [-0.4, -0.2) is 19.3 Å². The zero-order chi connectivity index (χ0) is 15.4. The van der Waals surface area contributed by atoms with Gasteiger partial charge in [-0.2, -0.15) is 0 Å². The van der Waals surface area contributed by atoms with Gasteiger partial charge in [0.05, 0.1) is 24.4 Å². The molecular weight excluding hydrogens is 402 g/mol. The van der Waals surface area contributed by atoms with Crippen molar-refractivity contribution in [3.05, 3.63) is 44.8 Å². The van der Waals surface area contributed by atoms with Gasteiger partial charge in [-0.1, -0.05) is 6.07 Å². The van der Waals surface area contributed by atoms with Crippen LogP contribution in [0.5, 0.6) is 17.2 Å². The number of phenolic OH excluding ortho intramolecular Hbond substituents is 1. The van der Waals surface area contributed by atoms with Crippen LogP contribution in [0.25, 0.3) is 0 Å². The first-order chi connectivity index (χ1) is 10.0. The van der Waals surface area contributed by atoms with Crippen LogP contribution >= 0.6 is 31.9 Å². The van der Waals surface area contributed by atoms with E-state index in [-0.39, 0.29) is 5.75 Å². The molecule has 0 aliphatic carbocycles. The number of hydrogen-bond donors (Lipinski definition) is 2. The van der Waals surface area contributed by atoms with Crippen molar-refractivity contribution in [3.63, 3.8) is 0 Å². The predicted octanol–water partition coefficient (Wildman–Crippen LogP) is 4.55. The number of halogens is 2. The van der Waals surface area contributed by atoms with Gasteiger partial charge in [-0.15, -0.1) is 0 Å². The molecule has 112 valence electrons. The molecule has 4 nitrogen and oxygen atoms in total. The van der Waals surface area contributed by atoms with Gasteiger partial charge in [-0.05, 0) is 55.6 Å². The lowest BCUT2D eigenvalue weighted by Crippen LogP contribution is -2.01. The Balaban J connectivity index is 2.14. The number of anilines is 1. The molecule has 0 radical (unpaired) electrons. The summed E-state index contributed by atoms with van der Waals surface area (Å²) in [6.45, 7) is 0.570. The number of aromatic hydroxyl groups is 1. The Hall–Kier alpha value is -1.40. The number of hydrogen-bond acceptors (Lipinski definition) is 4. The van der Waals surface area contributed by atoms with Crippen LogP contribution in [-0.2, 0) is 6.54 Å². The van der Waals surface area contributed by atoms with E-state index in [4.69, 9.17) is 9.47 Å². The van der Waals surface area contributed by atoms with Gasteiger partial charge in [0, 0.05) is 17.1 Å². The second kappa shape index (κ2) is 7.04. The average molecular weight is 417 g/mol. The molecule has 0 saturated carbocycles. The molecule has 21 heavy (non-hydrogen) atoms. The summed E-state index contributed by atoms with van der Waals surface area (Å²) in [4.78, 5) is 0. The van der Waals surface area contributed by atoms with E-state index in [1.54, 1.807) is 19.2 Å². The Morgan fingerprint density at radius 2 is 1.71 bits per heavy atom. The zero-order valence-corrected chi connectivity index (χ0v) is 14.8. The Morgan fingerprint density at radius 3 is 2.33 bits per heavy atom. The Kier molecular flexibility index (Phi) is 5.36. The van der Waals surface area contributed by atoms with E-state index >= 15 is 0 Å². The molecule has 2 rings (SSSR count). The van der Waals surface area contributed by atoms with Crippen molar-refractivity contribution in [2.75, 3.05) is 19.5 Å². The zero-order valence-electron chi connectivity index (χ0n) is 11.6. The van der Waals surface area contributed by atoms with Crippen molar-refractivity contribution in [2.24, 2.45) is 0 Å². The lowest BCUT2D eigenvalue weighted by Gasteiger charge is -2.12. The Morgan fingerprint density at radius 1 is 1.00 bits per heavy atom. The number of ether oxygens (including phenoxy) is 2. The van der Waals surface area contributed by atoms with Crippen LogP contribution in [0.1, 0.15) is 5.56 Å². The standard InChI is InChI=1S/C15H15Br2NO3/c1-20-14-4-3-9(5-13(14)19)8-18-12-7-15(21-2)11(17)6-10(12)16/h3-7,18-19H,8H2,1-2H3. The van der Waals surface area contributed by atoms with E-state index in [9.17, 15) is 5.11 Å². The van der Waals surface area contributed by atoms with Gasteiger partial charge in [0.25, 0.3) is 0 Å². The van der Waals surface area contributed by atoms with Crippen molar-refractivity contribution in [2.45, 2.75) is 6.54 Å². The van der Waals surface area contributed by atoms with Crippen LogP contribution < -0.4 is 14.8 Å². The third-order valence-corrected chi connectivity index (χ3v) is 4.24. The summed E-state index contributed by atoms with van der Waals surface area (Å²) in [5.74, 6) is 1.34. The van der Waals surface area contributed by atoms with E-state index in [2.05, 4.69) is 37.2 Å². The quantitative estimate of drug-likeness (QED) is 0.750. The molecule has 0 saturated heterocycles. The highest BCUT2D eigenvalue weighted by Gasteiger charge is 2.08. The summed E-state index contributed by atoms with van der Waals surface area (Å²) < 4.78 is 12.1. The second-order valence-corrected chi connectivity index (χ2v) is 6.04. The maximum absolute atomic E-state index is 9.77. The van der Waals surface area contributed by atoms with Gasteiger partial charge < -0.3 is 19.9 Å². The third-order valence-electron chi connectivity index (χ3n) is 2.97. The minimum absolute atomic E-state index is 0.129. The number of methoxy groups -OCH3 is 2. The molecule has 0 aliphatic rings. The molecule has 0 bridgehead atoms. The maximum atomic E-state index is 9.77. The minimum Gasteiger partial charge on any atom is -0.504 e. The van der Waals surface area contributed by atoms with Gasteiger partial charge in [-0.25, -0.2) is 0 Å². The number of benzene rings is 2. The van der Waals surface area contributed by atoms with Crippen LogP contribution in [0, 0.1) is 0 Å². The minimum atomic E-state index is 0.129. The first-order valence-corrected chi connectivity index (χ1v) is 7.76. The maximum Gasteiger partial charge on any atom is 0.160 e. The summed E-state index contributed by atoms with van der Waals surface area (Å²) in [5.41, 5.74) is 1.85. The molecule has 0 unspecified atom stereocenters. The topological polar surface area (TPSA) is 50.7 Å². The molecule has 2 aromatic rings. The first-order valence-electron chi connectivity index (χ1n) is 6.18. The molecule has 0 amide bonds. The van der Waals surface area contributed by atoms with Gasteiger partial charge in [0.1, 0.15) is 5.75 Å². The highest BCUT2D eigenvalue weighted by atomic mass is 79.9. The second-order valence-electron chi connectivity index (χ2n) is 4.33. The normalized spacial score (nSPS) is 10.3. The van der Waals surface area contributed by atoms with Crippen molar-refractivity contribution in [3.8, 4) is 17.2 Å². The molecule has 0 aromatic heterocycles. The molecule has 2 N–H and O–H groups in total. The van der Waals surface area contributed by atoms with E-state index in [1.807, 2.05) is 18.2 Å². The monoisotopic (exact) mass is 415 g/mol. The van der Waals surface area contributed by atoms with Gasteiger partial charge in [-0.3, -0.25) is 0 Å². The van der Waals surface area contributed by atoms with E-state index < -0.39 is 0 Å². The van der Waals surface area contributed by atoms with Crippen LogP contribution in [0.4, 0.5) is 5.69 Å². The Labute approximate surface area is 140 Å². The van der Waals surface area contributed by atoms with Crippen LogP contribution in [0.15, 0.2) is 39.3 Å². The molecule has 0 aliphatic heterocycles. The molecule has 6 heteroatoms. The molecule has 0 heterocycles. The highest BCUT2D eigenvalue weighted by molar-refractivity contribution is 9.11. The molecule has 0 fully saturated rings. The predicted molar refractivity (Wildman–Crippen MR) is 90.4 cm³/mol. The highest BCUT2D eigenvalue weighted by Crippen LogP contribution is 2.35. The van der Waals surface area contributed by atoms with Gasteiger partial charge in [0.15, 0.2) is 11.5 Å². The summed E-state index contributed by atoms with van der Waals surface area (Å²) in [5, 5.41) is 13.1. The van der Waals surface area contributed by atoms with E-state index in [1.165, 1.54) is 7.11 Å². The van der Waals surface area contributed by atoms with Crippen molar-refractivity contribution >= 4 is 37.5 Å². The third kappa shape index (κ3) is 3.83.